The van der Waals surface area contributed by atoms with Crippen molar-refractivity contribution in [1.82, 2.24) is 10.3 Å². The van der Waals surface area contributed by atoms with Crippen molar-refractivity contribution in [2.75, 3.05) is 17.2 Å². The first-order chi connectivity index (χ1) is 16.4. The van der Waals surface area contributed by atoms with Gasteiger partial charge >= 0.3 is 5.97 Å². The highest BCUT2D eigenvalue weighted by molar-refractivity contribution is 7.14. The fraction of sp³-hybridized carbons (Fsp3) is 0.280. The smallest absolute Gasteiger partial charge is 0.309 e. The van der Waals surface area contributed by atoms with Crippen LogP contribution in [0.15, 0.2) is 53.9 Å². The molecule has 0 spiro atoms. The summed E-state index contributed by atoms with van der Waals surface area (Å²) in [4.78, 5) is 39.5. The predicted molar refractivity (Wildman–Crippen MR) is 133 cm³/mol. The Kier molecular flexibility index (Phi) is 9.16. The van der Waals surface area contributed by atoms with E-state index in [2.05, 4.69) is 27.9 Å². The number of carboxylic acid groups (broad SMARTS) is 1. The van der Waals surface area contributed by atoms with Crippen molar-refractivity contribution in [3.8, 4) is 0 Å². The number of rotatable bonds is 12. The second kappa shape index (κ2) is 12.5. The van der Waals surface area contributed by atoms with Crippen LogP contribution in [-0.4, -0.2) is 34.4 Å². The van der Waals surface area contributed by atoms with Crippen LogP contribution in [0.4, 0.5) is 10.8 Å². The van der Waals surface area contributed by atoms with E-state index in [1.807, 2.05) is 36.4 Å². The molecule has 0 aliphatic carbocycles. The average Bonchev–Trinajstić information content (AvgIpc) is 3.25. The standard InChI is InChI=1S/C25H28N4O4S/c1-2-3-12-26-22(30)13-19-6-4-5-7-21(19)27-15-17-8-10-18(11-9-17)24(33)29-25-28-20(16-34-25)14-23(31)32/h4-11,16,27H,2-3,12-15H2,1H3,(H,26,30)(H,31,32)(H,28,29,33). The Balaban J connectivity index is 1.54. The molecule has 2 amide bonds. The van der Waals surface area contributed by atoms with Gasteiger partial charge in [0.05, 0.1) is 18.5 Å². The lowest BCUT2D eigenvalue weighted by atomic mass is 10.1. The summed E-state index contributed by atoms with van der Waals surface area (Å²) in [6, 6.07) is 14.9. The Hall–Kier alpha value is -3.72. The number of aromatic nitrogens is 1. The minimum atomic E-state index is -0.967. The Morgan fingerprint density at radius 2 is 1.79 bits per heavy atom. The second-order valence-corrected chi connectivity index (χ2v) is 8.61. The normalized spacial score (nSPS) is 10.5. The third-order valence-electron chi connectivity index (χ3n) is 5.02. The Morgan fingerprint density at radius 3 is 2.53 bits per heavy atom. The van der Waals surface area contributed by atoms with Gasteiger partial charge in [0.1, 0.15) is 0 Å². The molecule has 0 bridgehead atoms. The van der Waals surface area contributed by atoms with E-state index >= 15 is 0 Å². The van der Waals surface area contributed by atoms with Crippen LogP contribution in [0, 0.1) is 0 Å². The molecule has 0 radical (unpaired) electrons. The maximum atomic E-state index is 12.5. The van der Waals surface area contributed by atoms with Gasteiger partial charge in [-0.15, -0.1) is 11.3 Å². The predicted octanol–water partition coefficient (Wildman–Crippen LogP) is 4.09. The molecular weight excluding hydrogens is 452 g/mol. The summed E-state index contributed by atoms with van der Waals surface area (Å²) < 4.78 is 0. The zero-order valence-electron chi connectivity index (χ0n) is 19.0. The number of hydrogen-bond donors (Lipinski definition) is 4. The van der Waals surface area contributed by atoms with Crippen molar-refractivity contribution < 1.29 is 19.5 Å². The van der Waals surface area contributed by atoms with E-state index in [4.69, 9.17) is 5.11 Å². The summed E-state index contributed by atoms with van der Waals surface area (Å²) in [7, 11) is 0. The summed E-state index contributed by atoms with van der Waals surface area (Å²) in [6.45, 7) is 3.32. The number of nitrogens with zero attached hydrogens (tertiary/aromatic N) is 1. The molecule has 34 heavy (non-hydrogen) atoms. The van der Waals surface area contributed by atoms with E-state index in [0.29, 0.717) is 35.9 Å². The summed E-state index contributed by atoms with van der Waals surface area (Å²) in [5.41, 5.74) is 3.70. The van der Waals surface area contributed by atoms with Gasteiger partial charge in [-0.1, -0.05) is 43.7 Å². The summed E-state index contributed by atoms with van der Waals surface area (Å²) in [5, 5.41) is 19.8. The highest BCUT2D eigenvalue weighted by Crippen LogP contribution is 2.19. The fourth-order valence-corrected chi connectivity index (χ4v) is 3.93. The van der Waals surface area contributed by atoms with Gasteiger partial charge < -0.3 is 15.7 Å². The first kappa shape index (κ1) is 24.9. The van der Waals surface area contributed by atoms with Crippen LogP contribution in [0.25, 0.3) is 0 Å². The number of carbonyl (C=O) groups is 3. The van der Waals surface area contributed by atoms with Gasteiger partial charge in [0.25, 0.3) is 5.91 Å². The Labute approximate surface area is 202 Å². The minimum Gasteiger partial charge on any atom is -0.481 e. The first-order valence-corrected chi connectivity index (χ1v) is 12.0. The van der Waals surface area contributed by atoms with Crippen molar-refractivity contribution in [2.45, 2.75) is 39.2 Å². The summed E-state index contributed by atoms with van der Waals surface area (Å²) >= 11 is 1.19. The molecular formula is C25H28N4O4S. The third kappa shape index (κ3) is 7.70. The van der Waals surface area contributed by atoms with Crippen LogP contribution in [-0.2, 0) is 29.0 Å². The van der Waals surface area contributed by atoms with E-state index in [1.165, 1.54) is 11.3 Å². The molecule has 0 aliphatic heterocycles. The van der Waals surface area contributed by atoms with Crippen molar-refractivity contribution in [1.29, 1.82) is 0 Å². The maximum absolute atomic E-state index is 12.5. The lowest BCUT2D eigenvalue weighted by molar-refractivity contribution is -0.136. The van der Waals surface area contributed by atoms with Crippen molar-refractivity contribution in [3.63, 3.8) is 0 Å². The molecule has 9 heteroatoms. The molecule has 0 fully saturated rings. The quantitative estimate of drug-likeness (QED) is 0.290. The van der Waals surface area contributed by atoms with Gasteiger partial charge in [-0.05, 0) is 35.7 Å². The van der Waals surface area contributed by atoms with E-state index in [9.17, 15) is 14.4 Å². The number of nitrogens with one attached hydrogen (secondary N) is 3. The highest BCUT2D eigenvalue weighted by atomic mass is 32.1. The van der Waals surface area contributed by atoms with Crippen LogP contribution in [0.3, 0.4) is 0 Å². The molecule has 2 aromatic carbocycles. The molecule has 0 atom stereocenters. The zero-order valence-corrected chi connectivity index (χ0v) is 19.8. The molecule has 0 aliphatic rings. The van der Waals surface area contributed by atoms with Gasteiger partial charge in [0.2, 0.25) is 5.91 Å². The number of amides is 2. The van der Waals surface area contributed by atoms with Gasteiger partial charge in [-0.3, -0.25) is 19.7 Å². The number of thiazole rings is 1. The molecule has 1 aromatic heterocycles. The molecule has 3 aromatic rings. The lowest BCUT2D eigenvalue weighted by Crippen LogP contribution is -2.26. The van der Waals surface area contributed by atoms with Crippen molar-refractivity contribution in [2.24, 2.45) is 0 Å². The lowest BCUT2D eigenvalue weighted by Gasteiger charge is -2.13. The largest absolute Gasteiger partial charge is 0.481 e. The van der Waals surface area contributed by atoms with Gasteiger partial charge in [0.15, 0.2) is 5.13 Å². The fourth-order valence-electron chi connectivity index (χ4n) is 3.23. The van der Waals surface area contributed by atoms with Crippen molar-refractivity contribution in [3.05, 3.63) is 76.3 Å². The van der Waals surface area contributed by atoms with Gasteiger partial charge in [0, 0.05) is 29.7 Å². The molecule has 0 saturated heterocycles. The van der Waals surface area contributed by atoms with Gasteiger partial charge in [-0.25, -0.2) is 4.98 Å². The molecule has 0 unspecified atom stereocenters. The minimum absolute atomic E-state index is 0.00776. The number of unbranched alkanes of at least 4 members (excludes halogenated alkanes) is 1. The Morgan fingerprint density at radius 1 is 1.03 bits per heavy atom. The summed E-state index contributed by atoms with van der Waals surface area (Å²) in [6.07, 6.45) is 2.14. The van der Waals surface area contributed by atoms with Crippen molar-refractivity contribution >= 4 is 39.9 Å². The molecule has 8 nitrogen and oxygen atoms in total. The SMILES string of the molecule is CCCCNC(=O)Cc1ccccc1NCc1ccc(C(=O)Nc2nc(CC(=O)O)cs2)cc1. The molecule has 178 valence electrons. The van der Waals surface area contributed by atoms with Crippen LogP contribution < -0.4 is 16.0 Å². The zero-order chi connectivity index (χ0) is 24.3. The van der Waals surface area contributed by atoms with Crippen LogP contribution in [0.1, 0.15) is 46.9 Å². The molecule has 3 rings (SSSR count). The van der Waals surface area contributed by atoms with E-state index in [-0.39, 0.29) is 18.2 Å². The number of anilines is 2. The van der Waals surface area contributed by atoms with Gasteiger partial charge in [-0.2, -0.15) is 0 Å². The number of benzene rings is 2. The van der Waals surface area contributed by atoms with Crippen LogP contribution >= 0.6 is 11.3 Å². The van der Waals surface area contributed by atoms with Crippen LogP contribution in [0.2, 0.25) is 0 Å². The Bertz CT molecular complexity index is 1130. The number of carboxylic acids is 1. The average molecular weight is 481 g/mol. The van der Waals surface area contributed by atoms with E-state index < -0.39 is 5.97 Å². The maximum Gasteiger partial charge on any atom is 0.309 e. The highest BCUT2D eigenvalue weighted by Gasteiger charge is 2.11. The number of para-hydroxylation sites is 1. The first-order valence-electron chi connectivity index (χ1n) is 11.1. The third-order valence-corrected chi connectivity index (χ3v) is 5.83. The molecule has 0 saturated carbocycles. The monoisotopic (exact) mass is 480 g/mol. The van der Waals surface area contributed by atoms with Crippen LogP contribution in [0.5, 0.6) is 0 Å². The molecule has 1 heterocycles. The van der Waals surface area contributed by atoms with E-state index in [1.54, 1.807) is 17.5 Å². The van der Waals surface area contributed by atoms with E-state index in [0.717, 1.165) is 29.7 Å². The number of aliphatic carboxylic acids is 1. The molecule has 4 N–H and O–H groups in total. The number of hydrogen-bond acceptors (Lipinski definition) is 6. The topological polar surface area (TPSA) is 120 Å². The number of carbonyl (C=O) groups excluding carboxylic acids is 2. The summed E-state index contributed by atoms with van der Waals surface area (Å²) in [5.74, 6) is -1.27. The second-order valence-electron chi connectivity index (χ2n) is 7.76.